The number of aromatic nitrogens is 2. The molecule has 6 nitrogen and oxygen atoms in total. The summed E-state index contributed by atoms with van der Waals surface area (Å²) in [6.07, 6.45) is 3.07. The van der Waals surface area contributed by atoms with E-state index in [9.17, 15) is 10.2 Å². The fourth-order valence-electron chi connectivity index (χ4n) is 2.50. The normalized spacial score (nSPS) is 27.4. The number of halogens is 1. The van der Waals surface area contributed by atoms with Crippen molar-refractivity contribution >= 4 is 23.1 Å². The fraction of sp³-hybridized carbons (Fsp3) is 0.636. The first kappa shape index (κ1) is 13.3. The van der Waals surface area contributed by atoms with E-state index in [1.54, 1.807) is 0 Å². The van der Waals surface area contributed by atoms with Gasteiger partial charge in [0.1, 0.15) is 12.0 Å². The zero-order valence-electron chi connectivity index (χ0n) is 9.88. The van der Waals surface area contributed by atoms with Gasteiger partial charge in [-0.05, 0) is 18.8 Å². The van der Waals surface area contributed by atoms with E-state index in [2.05, 4.69) is 15.3 Å². The number of hydrogen-bond acceptors (Lipinski definition) is 6. The number of rotatable bonds is 4. The molecule has 7 heteroatoms. The Morgan fingerprint density at radius 2 is 2.11 bits per heavy atom. The summed E-state index contributed by atoms with van der Waals surface area (Å²) in [4.78, 5) is 7.83. The van der Waals surface area contributed by atoms with Crippen LogP contribution in [0, 0.1) is 11.8 Å². The van der Waals surface area contributed by atoms with Crippen LogP contribution < -0.4 is 11.1 Å². The minimum atomic E-state index is 0.00291. The SMILES string of the molecule is Nc1c(Cl)ncnc1NC1CCC(CO)C1CO. The van der Waals surface area contributed by atoms with E-state index in [1.807, 2.05) is 0 Å². The molecular formula is C11H17ClN4O2. The average molecular weight is 273 g/mol. The van der Waals surface area contributed by atoms with E-state index >= 15 is 0 Å². The molecule has 1 aromatic heterocycles. The number of nitrogen functional groups attached to an aromatic ring is 1. The van der Waals surface area contributed by atoms with Crippen molar-refractivity contribution in [3.8, 4) is 0 Å². The molecule has 2 rings (SSSR count). The molecule has 1 aliphatic carbocycles. The molecule has 5 N–H and O–H groups in total. The quantitative estimate of drug-likeness (QED) is 0.595. The summed E-state index contributed by atoms with van der Waals surface area (Å²) >= 11 is 5.82. The zero-order chi connectivity index (χ0) is 13.1. The number of nitrogens with zero attached hydrogens (tertiary/aromatic N) is 2. The van der Waals surface area contributed by atoms with Crippen LogP contribution in [0.4, 0.5) is 11.5 Å². The molecule has 0 saturated heterocycles. The Bertz CT molecular complexity index is 418. The van der Waals surface area contributed by atoms with Crippen LogP contribution in [0.5, 0.6) is 0 Å². The third-order valence-corrected chi connectivity index (χ3v) is 3.87. The summed E-state index contributed by atoms with van der Waals surface area (Å²) in [5, 5.41) is 22.0. The number of hydrogen-bond donors (Lipinski definition) is 4. The molecule has 0 amide bonds. The van der Waals surface area contributed by atoms with Crippen molar-refractivity contribution < 1.29 is 10.2 Å². The van der Waals surface area contributed by atoms with Gasteiger partial charge in [-0.15, -0.1) is 0 Å². The van der Waals surface area contributed by atoms with E-state index in [1.165, 1.54) is 6.33 Å². The fourth-order valence-corrected chi connectivity index (χ4v) is 2.63. The van der Waals surface area contributed by atoms with Gasteiger partial charge in [-0.1, -0.05) is 11.6 Å². The maximum absolute atomic E-state index is 9.40. The molecule has 3 atom stereocenters. The van der Waals surface area contributed by atoms with E-state index in [0.29, 0.717) is 11.5 Å². The molecule has 1 fully saturated rings. The van der Waals surface area contributed by atoms with Crippen molar-refractivity contribution in [3.63, 3.8) is 0 Å². The smallest absolute Gasteiger partial charge is 0.157 e. The minimum Gasteiger partial charge on any atom is -0.396 e. The van der Waals surface area contributed by atoms with Gasteiger partial charge in [0.25, 0.3) is 0 Å². The van der Waals surface area contributed by atoms with Crippen LogP contribution in [0.2, 0.25) is 5.15 Å². The average Bonchev–Trinajstić information content (AvgIpc) is 2.77. The molecule has 1 aliphatic rings. The molecule has 3 unspecified atom stereocenters. The highest BCUT2D eigenvalue weighted by Gasteiger charge is 2.35. The van der Waals surface area contributed by atoms with Crippen LogP contribution in [-0.4, -0.2) is 39.4 Å². The summed E-state index contributed by atoms with van der Waals surface area (Å²) < 4.78 is 0. The number of aliphatic hydroxyl groups is 2. The second-order valence-electron chi connectivity index (χ2n) is 4.54. The Labute approximate surface area is 110 Å². The van der Waals surface area contributed by atoms with Gasteiger partial charge < -0.3 is 21.3 Å². The largest absolute Gasteiger partial charge is 0.396 e. The van der Waals surface area contributed by atoms with Crippen LogP contribution in [0.25, 0.3) is 0 Å². The first-order valence-corrected chi connectivity index (χ1v) is 6.29. The molecule has 0 radical (unpaired) electrons. The van der Waals surface area contributed by atoms with Crippen LogP contribution in [-0.2, 0) is 0 Å². The van der Waals surface area contributed by atoms with Crippen LogP contribution in [0.15, 0.2) is 6.33 Å². The Balaban J connectivity index is 2.12. The zero-order valence-corrected chi connectivity index (χ0v) is 10.6. The highest BCUT2D eigenvalue weighted by Crippen LogP contribution is 2.34. The lowest BCUT2D eigenvalue weighted by atomic mass is 9.95. The molecular weight excluding hydrogens is 256 g/mol. The Morgan fingerprint density at radius 3 is 2.78 bits per heavy atom. The third kappa shape index (κ3) is 2.50. The third-order valence-electron chi connectivity index (χ3n) is 3.57. The predicted molar refractivity (Wildman–Crippen MR) is 69.3 cm³/mol. The molecule has 1 heterocycles. The first-order valence-electron chi connectivity index (χ1n) is 5.91. The first-order chi connectivity index (χ1) is 8.67. The molecule has 1 saturated carbocycles. The molecule has 1 aromatic rings. The summed E-state index contributed by atoms with van der Waals surface area (Å²) in [7, 11) is 0. The van der Waals surface area contributed by atoms with Crippen LogP contribution in [0.1, 0.15) is 12.8 Å². The van der Waals surface area contributed by atoms with Crippen LogP contribution >= 0.6 is 11.6 Å². The molecule has 100 valence electrons. The Morgan fingerprint density at radius 1 is 1.33 bits per heavy atom. The molecule has 0 aliphatic heterocycles. The van der Waals surface area contributed by atoms with E-state index in [0.717, 1.165) is 12.8 Å². The Hall–Kier alpha value is -1.11. The maximum atomic E-state index is 9.40. The van der Waals surface area contributed by atoms with Gasteiger partial charge in [0.15, 0.2) is 11.0 Å². The minimum absolute atomic E-state index is 0.00291. The number of nitrogens with one attached hydrogen (secondary N) is 1. The van der Waals surface area contributed by atoms with Gasteiger partial charge in [-0.2, -0.15) is 0 Å². The van der Waals surface area contributed by atoms with E-state index < -0.39 is 0 Å². The predicted octanol–water partition coefficient (Wildman–Crippen LogP) is 0.503. The molecule has 0 aromatic carbocycles. The van der Waals surface area contributed by atoms with Gasteiger partial charge in [0, 0.05) is 25.2 Å². The van der Waals surface area contributed by atoms with Crippen molar-refractivity contribution in [2.24, 2.45) is 11.8 Å². The van der Waals surface area contributed by atoms with Gasteiger partial charge >= 0.3 is 0 Å². The summed E-state index contributed by atoms with van der Waals surface area (Å²) in [5.41, 5.74) is 6.09. The second kappa shape index (κ2) is 5.69. The highest BCUT2D eigenvalue weighted by atomic mass is 35.5. The van der Waals surface area contributed by atoms with E-state index in [-0.39, 0.29) is 36.2 Å². The van der Waals surface area contributed by atoms with Gasteiger partial charge in [-0.3, -0.25) is 0 Å². The standard InChI is InChI=1S/C11H17ClN4O2/c12-10-9(13)11(15-5-14-10)16-8-2-1-6(3-17)7(8)4-18/h5-8,17-18H,1-4,13H2,(H,14,15,16). The molecule has 18 heavy (non-hydrogen) atoms. The number of anilines is 2. The van der Waals surface area contributed by atoms with Gasteiger partial charge in [0.2, 0.25) is 0 Å². The topological polar surface area (TPSA) is 104 Å². The van der Waals surface area contributed by atoms with Crippen molar-refractivity contribution in [1.82, 2.24) is 9.97 Å². The monoisotopic (exact) mass is 272 g/mol. The number of aliphatic hydroxyl groups excluding tert-OH is 2. The maximum Gasteiger partial charge on any atom is 0.157 e. The van der Waals surface area contributed by atoms with Crippen LogP contribution in [0.3, 0.4) is 0 Å². The van der Waals surface area contributed by atoms with Crippen molar-refractivity contribution in [1.29, 1.82) is 0 Å². The summed E-state index contributed by atoms with van der Waals surface area (Å²) in [6.45, 7) is 0.116. The van der Waals surface area contributed by atoms with Gasteiger partial charge in [-0.25, -0.2) is 9.97 Å². The van der Waals surface area contributed by atoms with Gasteiger partial charge in [0.05, 0.1) is 0 Å². The summed E-state index contributed by atoms with van der Waals surface area (Å²) in [5.74, 6) is 0.603. The molecule has 0 bridgehead atoms. The van der Waals surface area contributed by atoms with E-state index in [4.69, 9.17) is 17.3 Å². The second-order valence-corrected chi connectivity index (χ2v) is 4.90. The molecule has 0 spiro atoms. The summed E-state index contributed by atoms with van der Waals surface area (Å²) in [6, 6.07) is 0.0421. The van der Waals surface area contributed by atoms with Crippen molar-refractivity contribution in [2.45, 2.75) is 18.9 Å². The van der Waals surface area contributed by atoms with Crippen molar-refractivity contribution in [2.75, 3.05) is 24.3 Å². The highest BCUT2D eigenvalue weighted by molar-refractivity contribution is 6.32. The lowest BCUT2D eigenvalue weighted by molar-refractivity contribution is 0.136. The lowest BCUT2D eigenvalue weighted by Crippen LogP contribution is -2.31. The Kier molecular flexibility index (Phi) is 4.21. The van der Waals surface area contributed by atoms with Crippen molar-refractivity contribution in [3.05, 3.63) is 11.5 Å². The lowest BCUT2D eigenvalue weighted by Gasteiger charge is -2.23. The number of nitrogens with two attached hydrogens (primary N) is 1.